The smallest absolute Gasteiger partial charge is 0.268 e. The summed E-state index contributed by atoms with van der Waals surface area (Å²) in [5, 5.41) is 10.6. The zero-order valence-corrected chi connectivity index (χ0v) is 11.7. The summed E-state index contributed by atoms with van der Waals surface area (Å²) in [7, 11) is 0. The van der Waals surface area contributed by atoms with E-state index in [1.807, 2.05) is 0 Å². The molecule has 0 unspecified atom stereocenters. The van der Waals surface area contributed by atoms with Crippen LogP contribution < -0.4 is 0 Å². The molecule has 0 atom stereocenters. The molecule has 7 heteroatoms. The van der Waals surface area contributed by atoms with Crippen LogP contribution in [0.3, 0.4) is 0 Å². The maximum atomic E-state index is 12.1. The molecular formula is C13H12N2O4S. The number of thioether (sulfide) groups is 1. The lowest BCUT2D eigenvalue weighted by Crippen LogP contribution is -2.34. The number of nitrogens with zero attached hydrogens (tertiary/aromatic N) is 2. The van der Waals surface area contributed by atoms with E-state index in [0.29, 0.717) is 5.56 Å². The van der Waals surface area contributed by atoms with Crippen LogP contribution in [0.15, 0.2) is 29.2 Å². The Kier molecular flexibility index (Phi) is 3.89. The first kappa shape index (κ1) is 14.3. The van der Waals surface area contributed by atoms with Gasteiger partial charge in [-0.25, -0.2) is 0 Å². The average molecular weight is 292 g/mol. The molecule has 0 bridgehead atoms. The Morgan fingerprint density at radius 3 is 2.50 bits per heavy atom. The van der Waals surface area contributed by atoms with Crippen molar-refractivity contribution in [2.45, 2.75) is 19.9 Å². The van der Waals surface area contributed by atoms with E-state index in [1.54, 1.807) is 32.0 Å². The fourth-order valence-corrected chi connectivity index (χ4v) is 2.79. The first-order chi connectivity index (χ1) is 9.41. The Morgan fingerprint density at radius 2 is 1.95 bits per heavy atom. The fraction of sp³-hybridized carbons (Fsp3) is 0.231. The van der Waals surface area contributed by atoms with Crippen molar-refractivity contribution in [2.24, 2.45) is 0 Å². The summed E-state index contributed by atoms with van der Waals surface area (Å²) in [5.41, 5.74) is 0.218. The summed E-state index contributed by atoms with van der Waals surface area (Å²) in [6.45, 7) is 3.48. The summed E-state index contributed by atoms with van der Waals surface area (Å²) >= 11 is 0.801. The number of carbonyl (C=O) groups is 2. The van der Waals surface area contributed by atoms with Gasteiger partial charge in [-0.2, -0.15) is 0 Å². The van der Waals surface area contributed by atoms with Crippen molar-refractivity contribution in [3.8, 4) is 0 Å². The van der Waals surface area contributed by atoms with E-state index >= 15 is 0 Å². The van der Waals surface area contributed by atoms with E-state index in [2.05, 4.69) is 0 Å². The molecule has 1 saturated heterocycles. The van der Waals surface area contributed by atoms with Gasteiger partial charge in [-0.1, -0.05) is 12.1 Å². The second kappa shape index (κ2) is 5.46. The number of benzene rings is 1. The predicted molar refractivity (Wildman–Crippen MR) is 76.0 cm³/mol. The van der Waals surface area contributed by atoms with Crippen LogP contribution in [0.5, 0.6) is 0 Å². The summed E-state index contributed by atoms with van der Waals surface area (Å²) < 4.78 is 0. The number of hydrogen-bond donors (Lipinski definition) is 0. The minimum atomic E-state index is -0.515. The molecule has 2 amide bonds. The minimum absolute atomic E-state index is 0.0937. The number of amides is 2. The van der Waals surface area contributed by atoms with Gasteiger partial charge in [0.05, 0.1) is 15.4 Å². The number of hydrogen-bond acceptors (Lipinski definition) is 5. The fourth-order valence-electron chi connectivity index (χ4n) is 1.84. The first-order valence-corrected chi connectivity index (χ1v) is 6.74. The molecule has 0 radical (unpaired) electrons. The molecule has 0 aliphatic carbocycles. The Bertz CT molecular complexity index is 625. The van der Waals surface area contributed by atoms with Gasteiger partial charge >= 0.3 is 0 Å². The lowest BCUT2D eigenvalue weighted by molar-refractivity contribution is -0.385. The number of rotatable bonds is 3. The van der Waals surface area contributed by atoms with Crippen molar-refractivity contribution in [2.75, 3.05) is 0 Å². The van der Waals surface area contributed by atoms with Crippen LogP contribution >= 0.6 is 11.8 Å². The summed E-state index contributed by atoms with van der Waals surface area (Å²) in [6.07, 6.45) is 1.39. The number of imide groups is 1. The molecule has 1 heterocycles. The monoisotopic (exact) mass is 292 g/mol. The predicted octanol–water partition coefficient (Wildman–Crippen LogP) is 3.04. The summed E-state index contributed by atoms with van der Waals surface area (Å²) in [6, 6.07) is 5.86. The average Bonchev–Trinajstić information content (AvgIpc) is 2.64. The Morgan fingerprint density at radius 1 is 1.30 bits per heavy atom. The van der Waals surface area contributed by atoms with Crippen LogP contribution in [0, 0.1) is 10.1 Å². The third-order valence-electron chi connectivity index (χ3n) is 2.76. The maximum Gasteiger partial charge on any atom is 0.293 e. The van der Waals surface area contributed by atoms with E-state index < -0.39 is 10.8 Å². The van der Waals surface area contributed by atoms with Gasteiger partial charge in [0.15, 0.2) is 0 Å². The van der Waals surface area contributed by atoms with Crippen LogP contribution in [-0.4, -0.2) is 27.0 Å². The minimum Gasteiger partial charge on any atom is -0.268 e. The molecular weight excluding hydrogens is 280 g/mol. The Balaban J connectivity index is 2.41. The van der Waals surface area contributed by atoms with Crippen LogP contribution in [0.1, 0.15) is 19.4 Å². The quantitative estimate of drug-likeness (QED) is 0.486. The molecule has 1 aromatic carbocycles. The zero-order valence-electron chi connectivity index (χ0n) is 10.9. The van der Waals surface area contributed by atoms with Crippen molar-refractivity contribution in [1.29, 1.82) is 0 Å². The third kappa shape index (κ3) is 2.57. The van der Waals surface area contributed by atoms with Crippen molar-refractivity contribution < 1.29 is 14.5 Å². The number of carbonyl (C=O) groups excluding carboxylic acids is 2. The molecule has 1 aliphatic heterocycles. The highest BCUT2D eigenvalue weighted by Gasteiger charge is 2.36. The van der Waals surface area contributed by atoms with Gasteiger partial charge < -0.3 is 0 Å². The van der Waals surface area contributed by atoms with Gasteiger partial charge in [0.1, 0.15) is 0 Å². The van der Waals surface area contributed by atoms with Crippen LogP contribution in [0.4, 0.5) is 10.5 Å². The highest BCUT2D eigenvalue weighted by atomic mass is 32.2. The van der Waals surface area contributed by atoms with E-state index in [4.69, 9.17) is 0 Å². The highest BCUT2D eigenvalue weighted by molar-refractivity contribution is 8.18. The molecule has 104 valence electrons. The molecule has 1 aliphatic rings. The molecule has 6 nitrogen and oxygen atoms in total. The van der Waals surface area contributed by atoms with Gasteiger partial charge in [0.25, 0.3) is 16.8 Å². The van der Waals surface area contributed by atoms with E-state index in [0.717, 1.165) is 16.7 Å². The first-order valence-electron chi connectivity index (χ1n) is 5.92. The second-order valence-corrected chi connectivity index (χ2v) is 5.45. The lowest BCUT2D eigenvalue weighted by atomic mass is 10.1. The van der Waals surface area contributed by atoms with E-state index in [-0.39, 0.29) is 21.9 Å². The topological polar surface area (TPSA) is 80.5 Å². The summed E-state index contributed by atoms with van der Waals surface area (Å²) in [5.74, 6) is -0.409. The van der Waals surface area contributed by atoms with E-state index in [9.17, 15) is 19.7 Å². The number of nitro groups is 1. The van der Waals surface area contributed by atoms with Crippen molar-refractivity contribution in [1.82, 2.24) is 4.90 Å². The molecule has 20 heavy (non-hydrogen) atoms. The normalized spacial score (nSPS) is 17.4. The van der Waals surface area contributed by atoms with E-state index in [1.165, 1.54) is 12.1 Å². The molecule has 0 saturated carbocycles. The second-order valence-electron chi connectivity index (χ2n) is 4.46. The van der Waals surface area contributed by atoms with Crippen molar-refractivity contribution in [3.05, 3.63) is 44.8 Å². The van der Waals surface area contributed by atoms with Gasteiger partial charge in [-0.05, 0) is 37.8 Å². The molecule has 2 rings (SSSR count). The molecule has 0 N–H and O–H groups in total. The van der Waals surface area contributed by atoms with Gasteiger partial charge in [0, 0.05) is 12.1 Å². The third-order valence-corrected chi connectivity index (χ3v) is 3.64. The highest BCUT2D eigenvalue weighted by Crippen LogP contribution is 2.34. The van der Waals surface area contributed by atoms with Crippen LogP contribution in [0.25, 0.3) is 6.08 Å². The van der Waals surface area contributed by atoms with Gasteiger partial charge in [0.2, 0.25) is 0 Å². The standard InChI is InChI=1S/C13H12N2O4S/c1-8(2)14-12(16)11(20-13(14)17)7-9-5-3-4-6-10(9)15(18)19/h3-8H,1-2H3. The van der Waals surface area contributed by atoms with Crippen molar-refractivity contribution in [3.63, 3.8) is 0 Å². The number of para-hydroxylation sites is 1. The number of nitro benzene ring substituents is 1. The van der Waals surface area contributed by atoms with Crippen LogP contribution in [0.2, 0.25) is 0 Å². The van der Waals surface area contributed by atoms with Gasteiger partial charge in [-0.3, -0.25) is 24.6 Å². The Labute approximate surface area is 119 Å². The molecule has 1 fully saturated rings. The largest absolute Gasteiger partial charge is 0.293 e. The lowest BCUT2D eigenvalue weighted by Gasteiger charge is -2.16. The molecule has 0 spiro atoms. The van der Waals surface area contributed by atoms with Crippen LogP contribution in [-0.2, 0) is 4.79 Å². The molecule has 0 aromatic heterocycles. The Hall–Kier alpha value is -2.15. The van der Waals surface area contributed by atoms with Gasteiger partial charge in [-0.15, -0.1) is 0 Å². The zero-order chi connectivity index (χ0) is 14.9. The SMILES string of the molecule is CC(C)N1C(=O)SC(=Cc2ccccc2[N+](=O)[O-])C1=O. The maximum absolute atomic E-state index is 12.1. The molecule has 1 aromatic rings. The summed E-state index contributed by atoms with van der Waals surface area (Å²) in [4.78, 5) is 35.6. The van der Waals surface area contributed by atoms with Crippen molar-refractivity contribution >= 4 is 34.7 Å².